The molecule has 1 fully saturated rings. The standard InChI is InChI=1S/C10H18O2/c1-5-7(2)10-11-8(3)6-9(4)12-10/h5,8-10H,6H2,1-4H3/b7-5+/t8-,9-/m1/s1. The molecule has 2 nitrogen and oxygen atoms in total. The third-order valence-corrected chi connectivity index (χ3v) is 2.20. The van der Waals surface area contributed by atoms with E-state index >= 15 is 0 Å². The van der Waals surface area contributed by atoms with E-state index in [4.69, 9.17) is 9.47 Å². The van der Waals surface area contributed by atoms with Crippen LogP contribution in [0.1, 0.15) is 34.1 Å². The predicted molar refractivity (Wildman–Crippen MR) is 48.9 cm³/mol. The van der Waals surface area contributed by atoms with Gasteiger partial charge in [-0.25, -0.2) is 0 Å². The predicted octanol–water partition coefficient (Wildman–Crippen LogP) is 2.49. The van der Waals surface area contributed by atoms with Crippen LogP contribution in [0.4, 0.5) is 0 Å². The van der Waals surface area contributed by atoms with Crippen molar-refractivity contribution in [3.63, 3.8) is 0 Å². The summed E-state index contributed by atoms with van der Waals surface area (Å²) in [4.78, 5) is 0. The average molecular weight is 170 g/mol. The topological polar surface area (TPSA) is 18.5 Å². The zero-order chi connectivity index (χ0) is 9.14. The van der Waals surface area contributed by atoms with Crippen LogP contribution in [0, 0.1) is 0 Å². The van der Waals surface area contributed by atoms with E-state index in [-0.39, 0.29) is 6.29 Å². The van der Waals surface area contributed by atoms with Gasteiger partial charge in [0.2, 0.25) is 0 Å². The van der Waals surface area contributed by atoms with Crippen molar-refractivity contribution in [3.05, 3.63) is 11.6 Å². The minimum atomic E-state index is -0.117. The summed E-state index contributed by atoms with van der Waals surface area (Å²) < 4.78 is 11.2. The lowest BCUT2D eigenvalue weighted by molar-refractivity contribution is -0.215. The van der Waals surface area contributed by atoms with Gasteiger partial charge in [-0.15, -0.1) is 0 Å². The van der Waals surface area contributed by atoms with Crippen molar-refractivity contribution in [2.45, 2.75) is 52.6 Å². The maximum Gasteiger partial charge on any atom is 0.180 e. The summed E-state index contributed by atoms with van der Waals surface area (Å²) in [7, 11) is 0. The fourth-order valence-electron chi connectivity index (χ4n) is 1.38. The van der Waals surface area contributed by atoms with E-state index in [2.05, 4.69) is 13.8 Å². The van der Waals surface area contributed by atoms with Crippen LogP contribution in [0.15, 0.2) is 11.6 Å². The second-order valence-corrected chi connectivity index (χ2v) is 3.49. The Hall–Kier alpha value is -0.340. The number of hydrogen-bond donors (Lipinski definition) is 0. The Bertz CT molecular complexity index is 165. The summed E-state index contributed by atoms with van der Waals surface area (Å²) in [6, 6.07) is 0. The number of allylic oxidation sites excluding steroid dienone is 1. The Morgan fingerprint density at radius 3 is 2.17 bits per heavy atom. The van der Waals surface area contributed by atoms with E-state index in [0.29, 0.717) is 12.2 Å². The molecule has 0 aromatic rings. The first kappa shape index (κ1) is 9.75. The van der Waals surface area contributed by atoms with Gasteiger partial charge in [-0.1, -0.05) is 6.08 Å². The van der Waals surface area contributed by atoms with Crippen LogP contribution < -0.4 is 0 Å². The van der Waals surface area contributed by atoms with Crippen LogP contribution >= 0.6 is 0 Å². The van der Waals surface area contributed by atoms with Crippen LogP contribution in [0.2, 0.25) is 0 Å². The SMILES string of the molecule is C/C=C(\C)C1O[C@H](C)C[C@@H](C)O1. The Morgan fingerprint density at radius 2 is 1.75 bits per heavy atom. The van der Waals surface area contributed by atoms with Crippen LogP contribution in [-0.2, 0) is 9.47 Å². The summed E-state index contributed by atoms with van der Waals surface area (Å²) in [5.74, 6) is 0. The van der Waals surface area contributed by atoms with Crippen LogP contribution in [-0.4, -0.2) is 18.5 Å². The molecule has 0 aromatic heterocycles. The lowest BCUT2D eigenvalue weighted by atomic mass is 10.1. The summed E-state index contributed by atoms with van der Waals surface area (Å²) in [5, 5.41) is 0. The van der Waals surface area contributed by atoms with E-state index < -0.39 is 0 Å². The minimum absolute atomic E-state index is 0.117. The summed E-state index contributed by atoms with van der Waals surface area (Å²) >= 11 is 0. The number of rotatable bonds is 1. The molecule has 0 spiro atoms. The maximum absolute atomic E-state index is 5.62. The minimum Gasteiger partial charge on any atom is -0.346 e. The Morgan fingerprint density at radius 1 is 1.25 bits per heavy atom. The molecule has 0 aromatic carbocycles. The maximum atomic E-state index is 5.62. The van der Waals surface area contributed by atoms with Crippen molar-refractivity contribution < 1.29 is 9.47 Å². The van der Waals surface area contributed by atoms with Gasteiger partial charge in [0.15, 0.2) is 6.29 Å². The van der Waals surface area contributed by atoms with E-state index in [1.807, 2.05) is 19.9 Å². The molecule has 2 heteroatoms. The molecule has 0 amide bonds. The highest BCUT2D eigenvalue weighted by molar-refractivity contribution is 5.00. The number of hydrogen-bond acceptors (Lipinski definition) is 2. The van der Waals surface area contributed by atoms with Crippen molar-refractivity contribution in [3.8, 4) is 0 Å². The summed E-state index contributed by atoms with van der Waals surface area (Å²) in [6.45, 7) is 8.23. The third kappa shape index (κ3) is 2.32. The highest BCUT2D eigenvalue weighted by Crippen LogP contribution is 2.22. The molecule has 0 saturated carbocycles. The molecule has 0 unspecified atom stereocenters. The normalized spacial score (nSPS) is 38.3. The Kier molecular flexibility index (Phi) is 3.29. The van der Waals surface area contributed by atoms with Gasteiger partial charge in [0.25, 0.3) is 0 Å². The van der Waals surface area contributed by atoms with E-state index in [1.54, 1.807) is 0 Å². The summed E-state index contributed by atoms with van der Waals surface area (Å²) in [5.41, 5.74) is 1.16. The fraction of sp³-hybridized carbons (Fsp3) is 0.800. The Labute approximate surface area is 74.6 Å². The molecule has 12 heavy (non-hydrogen) atoms. The molecule has 0 N–H and O–H groups in total. The summed E-state index contributed by atoms with van der Waals surface area (Å²) in [6.07, 6.45) is 3.54. The zero-order valence-corrected chi connectivity index (χ0v) is 8.33. The molecule has 1 aliphatic rings. The molecule has 1 aliphatic heterocycles. The van der Waals surface area contributed by atoms with Crippen LogP contribution in [0.5, 0.6) is 0 Å². The van der Waals surface area contributed by atoms with Crippen molar-refractivity contribution in [2.24, 2.45) is 0 Å². The zero-order valence-electron chi connectivity index (χ0n) is 8.33. The van der Waals surface area contributed by atoms with Crippen molar-refractivity contribution in [2.75, 3.05) is 0 Å². The quantitative estimate of drug-likeness (QED) is 0.563. The van der Waals surface area contributed by atoms with Crippen LogP contribution in [0.25, 0.3) is 0 Å². The average Bonchev–Trinajstić information content (AvgIpc) is 2.01. The van der Waals surface area contributed by atoms with Gasteiger partial charge in [-0.2, -0.15) is 0 Å². The van der Waals surface area contributed by atoms with Crippen molar-refractivity contribution in [1.82, 2.24) is 0 Å². The molecular formula is C10H18O2. The van der Waals surface area contributed by atoms with Gasteiger partial charge in [-0.05, 0) is 39.7 Å². The highest BCUT2D eigenvalue weighted by atomic mass is 16.7. The first-order chi connectivity index (χ1) is 5.63. The lowest BCUT2D eigenvalue weighted by Crippen LogP contribution is -2.35. The third-order valence-electron chi connectivity index (χ3n) is 2.20. The molecule has 1 rings (SSSR count). The molecular weight excluding hydrogens is 152 g/mol. The van der Waals surface area contributed by atoms with Crippen molar-refractivity contribution >= 4 is 0 Å². The van der Waals surface area contributed by atoms with E-state index in [1.165, 1.54) is 0 Å². The largest absolute Gasteiger partial charge is 0.346 e. The van der Waals surface area contributed by atoms with Gasteiger partial charge in [0.1, 0.15) is 0 Å². The molecule has 70 valence electrons. The second kappa shape index (κ2) is 4.06. The fourth-order valence-corrected chi connectivity index (χ4v) is 1.38. The van der Waals surface area contributed by atoms with E-state index in [0.717, 1.165) is 12.0 Å². The van der Waals surface area contributed by atoms with Crippen molar-refractivity contribution in [1.29, 1.82) is 0 Å². The second-order valence-electron chi connectivity index (χ2n) is 3.49. The van der Waals surface area contributed by atoms with Gasteiger partial charge in [0.05, 0.1) is 12.2 Å². The molecule has 0 radical (unpaired) electrons. The number of ether oxygens (including phenoxy) is 2. The van der Waals surface area contributed by atoms with Gasteiger partial charge < -0.3 is 9.47 Å². The first-order valence-electron chi connectivity index (χ1n) is 4.57. The molecule has 0 bridgehead atoms. The molecule has 0 aliphatic carbocycles. The molecule has 2 atom stereocenters. The molecule has 1 heterocycles. The van der Waals surface area contributed by atoms with Gasteiger partial charge >= 0.3 is 0 Å². The highest BCUT2D eigenvalue weighted by Gasteiger charge is 2.25. The monoisotopic (exact) mass is 170 g/mol. The van der Waals surface area contributed by atoms with Gasteiger partial charge in [0, 0.05) is 0 Å². The smallest absolute Gasteiger partial charge is 0.180 e. The first-order valence-corrected chi connectivity index (χ1v) is 4.57. The van der Waals surface area contributed by atoms with Crippen LogP contribution in [0.3, 0.4) is 0 Å². The Balaban J connectivity index is 2.55. The molecule has 1 saturated heterocycles. The van der Waals surface area contributed by atoms with E-state index in [9.17, 15) is 0 Å². The lowest BCUT2D eigenvalue weighted by Gasteiger charge is -2.33. The van der Waals surface area contributed by atoms with Gasteiger partial charge in [-0.3, -0.25) is 0 Å².